The maximum atomic E-state index is 5.39. The highest BCUT2D eigenvalue weighted by Gasteiger charge is 2.02. The number of nitrogens with two attached hydrogens (primary N) is 1. The van der Waals surface area contributed by atoms with Gasteiger partial charge in [0.25, 0.3) is 0 Å². The molecule has 0 bridgehead atoms. The summed E-state index contributed by atoms with van der Waals surface area (Å²) in [7, 11) is 0. The number of rotatable bonds is 3. The molecule has 2 rings (SSSR count). The summed E-state index contributed by atoms with van der Waals surface area (Å²) < 4.78 is 6.92. The van der Waals surface area contributed by atoms with Crippen molar-refractivity contribution >= 4 is 0 Å². The number of hydrogen-bond donors (Lipinski definition) is 1. The monoisotopic (exact) mass is 178 g/mol. The van der Waals surface area contributed by atoms with E-state index in [4.69, 9.17) is 10.2 Å². The molecule has 0 amide bonds. The van der Waals surface area contributed by atoms with Gasteiger partial charge < -0.3 is 10.2 Å². The summed E-state index contributed by atoms with van der Waals surface area (Å²) in [6, 6.07) is 1.85. The molecule has 0 aliphatic carbocycles. The van der Waals surface area contributed by atoms with E-state index in [1.807, 2.05) is 12.3 Å². The topological polar surface area (TPSA) is 69.9 Å². The lowest BCUT2D eigenvalue weighted by atomic mass is 10.5. The molecule has 68 valence electrons. The third-order valence-corrected chi connectivity index (χ3v) is 1.66. The molecular formula is C8H10N4O. The third kappa shape index (κ3) is 1.75. The molecule has 2 aromatic rings. The largest absolute Gasteiger partial charge is 0.447 e. The van der Waals surface area contributed by atoms with Gasteiger partial charge in [0.2, 0.25) is 5.89 Å². The zero-order valence-corrected chi connectivity index (χ0v) is 7.05. The quantitative estimate of drug-likeness (QED) is 0.737. The van der Waals surface area contributed by atoms with Crippen LogP contribution in [0.1, 0.15) is 11.6 Å². The molecule has 2 heterocycles. The van der Waals surface area contributed by atoms with Crippen LogP contribution in [0.2, 0.25) is 0 Å². The zero-order chi connectivity index (χ0) is 9.10. The van der Waals surface area contributed by atoms with Gasteiger partial charge in [-0.3, -0.25) is 4.68 Å². The summed E-state index contributed by atoms with van der Waals surface area (Å²) in [5, 5.41) is 4.03. The average Bonchev–Trinajstić information content (AvgIpc) is 2.76. The van der Waals surface area contributed by atoms with Crippen molar-refractivity contribution in [1.82, 2.24) is 14.8 Å². The molecule has 0 fully saturated rings. The summed E-state index contributed by atoms with van der Waals surface area (Å²) >= 11 is 0. The number of nitrogens with zero attached hydrogens (tertiary/aromatic N) is 3. The Hall–Kier alpha value is -1.62. The first-order valence-electron chi connectivity index (χ1n) is 3.99. The molecule has 2 N–H and O–H groups in total. The molecule has 5 heteroatoms. The number of oxazole rings is 1. The minimum Gasteiger partial charge on any atom is -0.447 e. The van der Waals surface area contributed by atoms with E-state index in [0.717, 1.165) is 5.69 Å². The second-order valence-corrected chi connectivity index (χ2v) is 2.64. The van der Waals surface area contributed by atoms with E-state index < -0.39 is 0 Å². The van der Waals surface area contributed by atoms with Crippen molar-refractivity contribution in [3.63, 3.8) is 0 Å². The fourth-order valence-corrected chi connectivity index (χ4v) is 1.05. The Bertz CT molecular complexity index is 365. The minimum absolute atomic E-state index is 0.405. The smallest absolute Gasteiger partial charge is 0.216 e. The lowest BCUT2D eigenvalue weighted by Crippen LogP contribution is -2.01. The third-order valence-electron chi connectivity index (χ3n) is 1.66. The highest BCUT2D eigenvalue weighted by Crippen LogP contribution is 2.02. The molecule has 5 nitrogen and oxygen atoms in total. The van der Waals surface area contributed by atoms with E-state index in [9.17, 15) is 0 Å². The number of hydrogen-bond acceptors (Lipinski definition) is 4. The van der Waals surface area contributed by atoms with Crippen LogP contribution in [0.25, 0.3) is 0 Å². The van der Waals surface area contributed by atoms with Gasteiger partial charge in [-0.15, -0.1) is 0 Å². The molecule has 0 saturated heterocycles. The molecule has 0 atom stereocenters. The van der Waals surface area contributed by atoms with Crippen molar-refractivity contribution in [2.75, 3.05) is 0 Å². The Morgan fingerprint density at radius 2 is 2.46 bits per heavy atom. The van der Waals surface area contributed by atoms with Crippen LogP contribution in [-0.2, 0) is 13.1 Å². The van der Waals surface area contributed by atoms with Crippen LogP contribution in [0.3, 0.4) is 0 Å². The fraction of sp³-hybridized carbons (Fsp3) is 0.250. The van der Waals surface area contributed by atoms with Gasteiger partial charge in [0.1, 0.15) is 12.8 Å². The first-order valence-corrected chi connectivity index (χ1v) is 3.99. The van der Waals surface area contributed by atoms with Gasteiger partial charge >= 0.3 is 0 Å². The molecule has 0 aliphatic rings. The molecule has 0 aliphatic heterocycles. The van der Waals surface area contributed by atoms with E-state index in [1.54, 1.807) is 17.1 Å². The Kier molecular flexibility index (Phi) is 2.09. The minimum atomic E-state index is 0.405. The van der Waals surface area contributed by atoms with Crippen molar-refractivity contribution in [1.29, 1.82) is 0 Å². The van der Waals surface area contributed by atoms with Crippen LogP contribution in [0.4, 0.5) is 0 Å². The lowest BCUT2D eigenvalue weighted by Gasteiger charge is -1.94. The first-order chi connectivity index (χ1) is 6.38. The highest BCUT2D eigenvalue weighted by atomic mass is 16.3. The van der Waals surface area contributed by atoms with Crippen molar-refractivity contribution in [3.8, 4) is 0 Å². The summed E-state index contributed by atoms with van der Waals surface area (Å²) in [6.07, 6.45) is 5.14. The van der Waals surface area contributed by atoms with Gasteiger partial charge in [-0.25, -0.2) is 4.98 Å². The predicted octanol–water partition coefficient (Wildman–Crippen LogP) is 0.378. The van der Waals surface area contributed by atoms with Crippen molar-refractivity contribution in [3.05, 3.63) is 36.3 Å². The Morgan fingerprint density at radius 1 is 1.54 bits per heavy atom. The van der Waals surface area contributed by atoms with Crippen LogP contribution < -0.4 is 5.73 Å². The van der Waals surface area contributed by atoms with Crippen LogP contribution in [0, 0.1) is 0 Å². The van der Waals surface area contributed by atoms with Gasteiger partial charge in [-0.1, -0.05) is 0 Å². The van der Waals surface area contributed by atoms with Crippen LogP contribution in [0.15, 0.2) is 29.1 Å². The Labute approximate surface area is 75.2 Å². The van der Waals surface area contributed by atoms with Gasteiger partial charge in [-0.2, -0.15) is 5.10 Å². The average molecular weight is 178 g/mol. The molecule has 0 saturated carbocycles. The van der Waals surface area contributed by atoms with E-state index in [2.05, 4.69) is 10.1 Å². The predicted molar refractivity (Wildman–Crippen MR) is 45.7 cm³/mol. The standard InChI is InChI=1S/C8H10N4O/c9-4-7-6-13-8(11-7)5-12-3-1-2-10-12/h1-3,6H,4-5,9H2. The second kappa shape index (κ2) is 3.40. The normalized spacial score (nSPS) is 10.5. The molecule has 2 aromatic heterocycles. The summed E-state index contributed by atoms with van der Waals surface area (Å²) in [5.41, 5.74) is 6.16. The Morgan fingerprint density at radius 3 is 3.08 bits per heavy atom. The Balaban J connectivity index is 2.10. The van der Waals surface area contributed by atoms with E-state index in [0.29, 0.717) is 19.0 Å². The van der Waals surface area contributed by atoms with Crippen molar-refractivity contribution in [2.24, 2.45) is 5.73 Å². The van der Waals surface area contributed by atoms with Gasteiger partial charge in [0, 0.05) is 18.9 Å². The van der Waals surface area contributed by atoms with Crippen LogP contribution in [-0.4, -0.2) is 14.8 Å². The highest BCUT2D eigenvalue weighted by molar-refractivity contribution is 4.96. The first kappa shape index (κ1) is 8.00. The summed E-state index contributed by atoms with van der Waals surface area (Å²) in [6.45, 7) is 0.954. The maximum Gasteiger partial charge on any atom is 0.216 e. The van der Waals surface area contributed by atoms with Gasteiger partial charge in [-0.05, 0) is 6.07 Å². The van der Waals surface area contributed by atoms with Crippen molar-refractivity contribution in [2.45, 2.75) is 13.1 Å². The summed E-state index contributed by atoms with van der Waals surface area (Å²) in [4.78, 5) is 4.15. The van der Waals surface area contributed by atoms with E-state index in [1.165, 1.54) is 0 Å². The second-order valence-electron chi connectivity index (χ2n) is 2.64. The van der Waals surface area contributed by atoms with Crippen molar-refractivity contribution < 1.29 is 4.42 Å². The number of aromatic nitrogens is 3. The zero-order valence-electron chi connectivity index (χ0n) is 7.05. The molecule has 0 unspecified atom stereocenters. The fourth-order valence-electron chi connectivity index (χ4n) is 1.05. The maximum absolute atomic E-state index is 5.39. The molecule has 0 radical (unpaired) electrons. The molecular weight excluding hydrogens is 168 g/mol. The van der Waals surface area contributed by atoms with Crippen LogP contribution in [0.5, 0.6) is 0 Å². The van der Waals surface area contributed by atoms with E-state index in [-0.39, 0.29) is 0 Å². The lowest BCUT2D eigenvalue weighted by molar-refractivity contribution is 0.465. The van der Waals surface area contributed by atoms with Crippen LogP contribution >= 0.6 is 0 Å². The van der Waals surface area contributed by atoms with Gasteiger partial charge in [0.15, 0.2) is 0 Å². The van der Waals surface area contributed by atoms with E-state index >= 15 is 0 Å². The SMILES string of the molecule is NCc1coc(Cn2cccn2)n1. The van der Waals surface area contributed by atoms with Gasteiger partial charge in [0.05, 0.1) is 5.69 Å². The molecule has 0 spiro atoms. The molecule has 13 heavy (non-hydrogen) atoms. The molecule has 0 aromatic carbocycles. The summed E-state index contributed by atoms with van der Waals surface area (Å²) in [5.74, 6) is 0.629.